The second-order valence-electron chi connectivity index (χ2n) is 7.09. The predicted octanol–water partition coefficient (Wildman–Crippen LogP) is 7.98. The third kappa shape index (κ3) is 3.39. The van der Waals surface area contributed by atoms with Gasteiger partial charge in [-0.05, 0) is 52.9 Å². The normalized spacial score (nSPS) is 10.8. The lowest BCUT2D eigenvalue weighted by Gasteiger charge is -2.26. The molecule has 1 nitrogen and oxygen atoms in total. The fraction of sp³-hybridized carbons (Fsp3) is 0. The Kier molecular flexibility index (Phi) is 4.56. The summed E-state index contributed by atoms with van der Waals surface area (Å²) in [7, 11) is 0. The fourth-order valence-electron chi connectivity index (χ4n) is 3.85. The van der Waals surface area contributed by atoms with Crippen LogP contribution in [0, 0.1) is 0 Å². The van der Waals surface area contributed by atoms with Crippen LogP contribution in [0.2, 0.25) is 0 Å². The summed E-state index contributed by atoms with van der Waals surface area (Å²) in [6.07, 6.45) is 0. The van der Waals surface area contributed by atoms with Gasteiger partial charge in [0.15, 0.2) is 0 Å². The van der Waals surface area contributed by atoms with Crippen LogP contribution in [0.1, 0.15) is 0 Å². The van der Waals surface area contributed by atoms with Crippen LogP contribution in [-0.2, 0) is 0 Å². The van der Waals surface area contributed by atoms with Gasteiger partial charge in [-0.2, -0.15) is 0 Å². The summed E-state index contributed by atoms with van der Waals surface area (Å²) in [5.41, 5.74) is 5.96. The minimum atomic E-state index is 1.15. The van der Waals surface area contributed by atoms with E-state index in [1.165, 1.54) is 27.6 Å². The maximum atomic E-state index is 2.32. The molecule has 0 aliphatic heterocycles. The van der Waals surface area contributed by atoms with Crippen LogP contribution in [-0.4, -0.2) is 0 Å². The summed E-state index contributed by atoms with van der Waals surface area (Å²) in [6.45, 7) is 0. The van der Waals surface area contributed by atoms with Crippen molar-refractivity contribution in [3.63, 3.8) is 0 Å². The van der Waals surface area contributed by atoms with E-state index in [0.29, 0.717) is 0 Å². The molecule has 5 aromatic carbocycles. The first kappa shape index (κ1) is 17.3. The zero-order valence-corrected chi connectivity index (χ0v) is 16.1. The van der Waals surface area contributed by atoms with Crippen LogP contribution in [0.5, 0.6) is 0 Å². The van der Waals surface area contributed by atoms with Crippen LogP contribution in [0.25, 0.3) is 21.9 Å². The lowest BCUT2D eigenvalue weighted by Crippen LogP contribution is -2.10. The molecule has 0 amide bonds. The number of benzene rings is 5. The summed E-state index contributed by atoms with van der Waals surface area (Å²) >= 11 is 0. The molecule has 0 atom stereocenters. The molecule has 29 heavy (non-hydrogen) atoms. The Morgan fingerprint density at radius 1 is 0.414 bits per heavy atom. The second kappa shape index (κ2) is 7.65. The van der Waals surface area contributed by atoms with Crippen molar-refractivity contribution in [3.05, 3.63) is 127 Å². The van der Waals surface area contributed by atoms with Gasteiger partial charge in [-0.1, -0.05) is 91.0 Å². The van der Waals surface area contributed by atoms with E-state index in [9.17, 15) is 0 Å². The van der Waals surface area contributed by atoms with E-state index in [-0.39, 0.29) is 0 Å². The standard InChI is InChI=1S/C28H21N/c1-4-11-22(12-5-1)23-19-20-27-24(21-23)13-10-18-28(27)29(25-14-6-2-7-15-25)26-16-8-3-9-17-26/h1-21H. The van der Waals surface area contributed by atoms with Crippen LogP contribution in [0.15, 0.2) is 127 Å². The van der Waals surface area contributed by atoms with Gasteiger partial charge in [-0.25, -0.2) is 0 Å². The zero-order chi connectivity index (χ0) is 19.5. The number of nitrogens with zero attached hydrogens (tertiary/aromatic N) is 1. The summed E-state index contributed by atoms with van der Waals surface area (Å²) in [6, 6.07) is 44.9. The van der Waals surface area contributed by atoms with E-state index >= 15 is 0 Å². The molecule has 0 saturated carbocycles. The average Bonchev–Trinajstić information content (AvgIpc) is 2.81. The fourth-order valence-corrected chi connectivity index (χ4v) is 3.85. The Bertz CT molecular complexity index is 1190. The summed E-state index contributed by atoms with van der Waals surface area (Å²) in [5.74, 6) is 0. The molecular weight excluding hydrogens is 350 g/mol. The molecular formula is C28H21N. The quantitative estimate of drug-likeness (QED) is 0.309. The van der Waals surface area contributed by atoms with Gasteiger partial charge in [0.25, 0.3) is 0 Å². The molecule has 0 radical (unpaired) electrons. The molecule has 0 saturated heterocycles. The molecule has 5 aromatic rings. The summed E-state index contributed by atoms with van der Waals surface area (Å²) in [4.78, 5) is 2.32. The lowest BCUT2D eigenvalue weighted by molar-refractivity contribution is 1.30. The van der Waals surface area contributed by atoms with Gasteiger partial charge in [0, 0.05) is 16.8 Å². The van der Waals surface area contributed by atoms with Crippen LogP contribution in [0.4, 0.5) is 17.1 Å². The van der Waals surface area contributed by atoms with E-state index in [0.717, 1.165) is 11.4 Å². The van der Waals surface area contributed by atoms with Gasteiger partial charge in [0.05, 0.1) is 5.69 Å². The van der Waals surface area contributed by atoms with Crippen molar-refractivity contribution in [1.82, 2.24) is 0 Å². The monoisotopic (exact) mass is 371 g/mol. The van der Waals surface area contributed by atoms with E-state index in [2.05, 4.69) is 132 Å². The molecule has 1 heteroatoms. The van der Waals surface area contributed by atoms with Crippen molar-refractivity contribution in [2.45, 2.75) is 0 Å². The minimum absolute atomic E-state index is 1.15. The number of hydrogen-bond acceptors (Lipinski definition) is 1. The Hall–Kier alpha value is -3.84. The number of fused-ring (bicyclic) bond motifs is 1. The summed E-state index contributed by atoms with van der Waals surface area (Å²) in [5, 5.41) is 2.47. The Balaban J connectivity index is 1.70. The van der Waals surface area contributed by atoms with E-state index in [4.69, 9.17) is 0 Å². The third-order valence-corrected chi connectivity index (χ3v) is 5.23. The van der Waals surface area contributed by atoms with E-state index < -0.39 is 0 Å². The molecule has 0 spiro atoms. The number of hydrogen-bond donors (Lipinski definition) is 0. The SMILES string of the molecule is c1ccc(-c2ccc3c(N(c4ccccc4)c4ccccc4)cccc3c2)cc1. The second-order valence-corrected chi connectivity index (χ2v) is 7.09. The van der Waals surface area contributed by atoms with Gasteiger partial charge in [0.2, 0.25) is 0 Å². The van der Waals surface area contributed by atoms with Crippen molar-refractivity contribution in [1.29, 1.82) is 0 Å². The van der Waals surface area contributed by atoms with Gasteiger partial charge in [-0.3, -0.25) is 0 Å². The highest BCUT2D eigenvalue weighted by Gasteiger charge is 2.14. The highest BCUT2D eigenvalue weighted by molar-refractivity contribution is 6.00. The Morgan fingerprint density at radius 3 is 1.62 bits per heavy atom. The molecule has 138 valence electrons. The average molecular weight is 371 g/mol. The number of rotatable bonds is 4. The molecule has 5 rings (SSSR count). The molecule has 0 fully saturated rings. The van der Waals surface area contributed by atoms with Crippen molar-refractivity contribution in [3.8, 4) is 11.1 Å². The lowest BCUT2D eigenvalue weighted by atomic mass is 9.99. The Morgan fingerprint density at radius 2 is 1.00 bits per heavy atom. The minimum Gasteiger partial charge on any atom is -0.310 e. The highest BCUT2D eigenvalue weighted by atomic mass is 15.1. The summed E-state index contributed by atoms with van der Waals surface area (Å²) < 4.78 is 0. The maximum absolute atomic E-state index is 2.32. The van der Waals surface area contributed by atoms with E-state index in [1.807, 2.05) is 0 Å². The molecule has 0 aromatic heterocycles. The maximum Gasteiger partial charge on any atom is 0.0540 e. The van der Waals surface area contributed by atoms with Crippen molar-refractivity contribution in [2.24, 2.45) is 0 Å². The predicted molar refractivity (Wildman–Crippen MR) is 124 cm³/mol. The topological polar surface area (TPSA) is 3.24 Å². The van der Waals surface area contributed by atoms with Crippen molar-refractivity contribution >= 4 is 27.8 Å². The zero-order valence-electron chi connectivity index (χ0n) is 16.1. The molecule has 0 aliphatic rings. The first-order valence-corrected chi connectivity index (χ1v) is 9.88. The number of anilines is 3. The first-order valence-electron chi connectivity index (χ1n) is 9.88. The molecule has 0 aliphatic carbocycles. The van der Waals surface area contributed by atoms with Crippen LogP contribution >= 0.6 is 0 Å². The van der Waals surface area contributed by atoms with Crippen molar-refractivity contribution < 1.29 is 0 Å². The molecule has 0 N–H and O–H groups in total. The molecule has 0 heterocycles. The first-order chi connectivity index (χ1) is 14.4. The highest BCUT2D eigenvalue weighted by Crippen LogP contribution is 2.39. The van der Waals surface area contributed by atoms with Crippen molar-refractivity contribution in [2.75, 3.05) is 4.90 Å². The van der Waals surface area contributed by atoms with Gasteiger partial charge >= 0.3 is 0 Å². The van der Waals surface area contributed by atoms with E-state index in [1.54, 1.807) is 0 Å². The Labute approximate surface area is 171 Å². The van der Waals surface area contributed by atoms with Gasteiger partial charge in [-0.15, -0.1) is 0 Å². The van der Waals surface area contributed by atoms with Crippen LogP contribution < -0.4 is 4.90 Å². The molecule has 0 bridgehead atoms. The van der Waals surface area contributed by atoms with Gasteiger partial charge in [0.1, 0.15) is 0 Å². The third-order valence-electron chi connectivity index (χ3n) is 5.23. The largest absolute Gasteiger partial charge is 0.310 e. The molecule has 0 unspecified atom stereocenters. The van der Waals surface area contributed by atoms with Crippen LogP contribution in [0.3, 0.4) is 0 Å². The van der Waals surface area contributed by atoms with Gasteiger partial charge < -0.3 is 4.90 Å². The number of para-hydroxylation sites is 2. The smallest absolute Gasteiger partial charge is 0.0540 e.